The summed E-state index contributed by atoms with van der Waals surface area (Å²) in [5.74, 6) is 0. The molecule has 1 fully saturated rings. The molecule has 0 bridgehead atoms. The van der Waals surface area contributed by atoms with Crippen molar-refractivity contribution in [1.82, 2.24) is 14.7 Å². The Morgan fingerprint density at radius 1 is 1.04 bits per heavy atom. The van der Waals surface area contributed by atoms with Gasteiger partial charge in [-0.25, -0.2) is 4.98 Å². The van der Waals surface area contributed by atoms with Crippen molar-refractivity contribution in [2.24, 2.45) is 0 Å². The second kappa shape index (κ2) is 6.76. The summed E-state index contributed by atoms with van der Waals surface area (Å²) in [6, 6.07) is 13.9. The predicted molar refractivity (Wildman–Crippen MR) is 106 cm³/mol. The fraction of sp³-hybridized carbons (Fsp3) is 0.409. The molecular weight excluding hydrogens is 320 g/mol. The van der Waals surface area contributed by atoms with E-state index in [9.17, 15) is 0 Å². The van der Waals surface area contributed by atoms with Gasteiger partial charge in [0.2, 0.25) is 0 Å². The van der Waals surface area contributed by atoms with E-state index in [1.54, 1.807) is 11.1 Å². The Morgan fingerprint density at radius 2 is 1.92 bits per heavy atom. The molecule has 134 valence electrons. The molecule has 1 aliphatic heterocycles. The van der Waals surface area contributed by atoms with Gasteiger partial charge in [0.25, 0.3) is 0 Å². The maximum absolute atomic E-state index is 4.48. The molecule has 0 spiro atoms. The second-order valence-electron chi connectivity index (χ2n) is 7.63. The number of imidazole rings is 1. The Hall–Kier alpha value is -2.33. The molecule has 0 saturated carbocycles. The molecule has 1 aromatic carbocycles. The minimum atomic E-state index is 0.593. The third-order valence-electron chi connectivity index (χ3n) is 6.01. The van der Waals surface area contributed by atoms with E-state index >= 15 is 0 Å². The van der Waals surface area contributed by atoms with Gasteiger partial charge in [0.1, 0.15) is 5.65 Å². The molecule has 0 atom stereocenters. The topological polar surface area (TPSA) is 32.6 Å². The van der Waals surface area contributed by atoms with Crippen molar-refractivity contribution < 1.29 is 0 Å². The first-order chi connectivity index (χ1) is 12.9. The fourth-order valence-electron chi connectivity index (χ4n) is 4.46. The lowest BCUT2D eigenvalue weighted by molar-refractivity contribution is 0.411. The molecule has 0 radical (unpaired) electrons. The van der Waals surface area contributed by atoms with Crippen LogP contribution in [0.3, 0.4) is 0 Å². The molecule has 3 aromatic rings. The van der Waals surface area contributed by atoms with Crippen molar-refractivity contribution in [1.29, 1.82) is 0 Å². The highest BCUT2D eigenvalue weighted by molar-refractivity contribution is 5.52. The number of nitrogens with one attached hydrogen (secondary N) is 1. The lowest BCUT2D eigenvalue weighted by Gasteiger charge is -2.34. The highest BCUT2D eigenvalue weighted by Gasteiger charge is 2.20. The van der Waals surface area contributed by atoms with Crippen LogP contribution in [0, 0.1) is 0 Å². The van der Waals surface area contributed by atoms with Gasteiger partial charge in [-0.3, -0.25) is 0 Å². The largest absolute Gasteiger partial charge is 0.371 e. The van der Waals surface area contributed by atoms with E-state index in [4.69, 9.17) is 0 Å². The number of piperidine rings is 1. The molecule has 5 rings (SSSR count). The van der Waals surface area contributed by atoms with Crippen molar-refractivity contribution in [3.05, 3.63) is 65.6 Å². The number of nitrogens with zero attached hydrogens (tertiary/aromatic N) is 3. The maximum Gasteiger partial charge on any atom is 0.136 e. The number of benzene rings is 1. The standard InChI is InChI=1S/C22H26N4/c1-2-11-26-21(16-24-22(26)6-1)15-23-19-9-12-25(13-10-19)20-8-7-17-4-3-5-18(17)14-20/h1-2,6-8,11,14,16,19,23H,3-5,9-10,12-13,15H2. The van der Waals surface area contributed by atoms with Gasteiger partial charge in [0.15, 0.2) is 0 Å². The van der Waals surface area contributed by atoms with Crippen molar-refractivity contribution in [2.45, 2.75) is 44.7 Å². The number of anilines is 1. The summed E-state index contributed by atoms with van der Waals surface area (Å²) in [5, 5.41) is 3.74. The van der Waals surface area contributed by atoms with Crippen LogP contribution in [0.1, 0.15) is 36.1 Å². The number of hydrogen-bond acceptors (Lipinski definition) is 3. The van der Waals surface area contributed by atoms with Gasteiger partial charge in [-0.15, -0.1) is 0 Å². The third-order valence-corrected chi connectivity index (χ3v) is 6.01. The molecule has 4 nitrogen and oxygen atoms in total. The molecular formula is C22H26N4. The lowest BCUT2D eigenvalue weighted by atomic mass is 10.0. The van der Waals surface area contributed by atoms with E-state index in [1.165, 1.54) is 43.5 Å². The molecule has 2 aliphatic rings. The first-order valence-corrected chi connectivity index (χ1v) is 9.88. The average Bonchev–Trinajstić information content (AvgIpc) is 3.33. The van der Waals surface area contributed by atoms with E-state index in [1.807, 2.05) is 12.3 Å². The first-order valence-electron chi connectivity index (χ1n) is 9.88. The normalized spacial score (nSPS) is 17.8. The minimum Gasteiger partial charge on any atom is -0.371 e. The second-order valence-corrected chi connectivity index (χ2v) is 7.63. The predicted octanol–water partition coefficient (Wildman–Crippen LogP) is 3.58. The molecule has 1 saturated heterocycles. The quantitative estimate of drug-likeness (QED) is 0.784. The average molecular weight is 346 g/mol. The van der Waals surface area contributed by atoms with Crippen LogP contribution in [0.5, 0.6) is 0 Å². The van der Waals surface area contributed by atoms with E-state index in [0.29, 0.717) is 6.04 Å². The molecule has 0 unspecified atom stereocenters. The molecule has 1 N–H and O–H groups in total. The van der Waals surface area contributed by atoms with E-state index in [-0.39, 0.29) is 0 Å². The summed E-state index contributed by atoms with van der Waals surface area (Å²) < 4.78 is 2.17. The van der Waals surface area contributed by atoms with Crippen LogP contribution in [0.2, 0.25) is 0 Å². The molecule has 1 aliphatic carbocycles. The van der Waals surface area contributed by atoms with Crippen LogP contribution in [-0.2, 0) is 19.4 Å². The van der Waals surface area contributed by atoms with Crippen LogP contribution in [0.4, 0.5) is 5.69 Å². The minimum absolute atomic E-state index is 0.593. The molecule has 26 heavy (non-hydrogen) atoms. The van der Waals surface area contributed by atoms with Gasteiger partial charge in [0.05, 0.1) is 11.9 Å². The highest BCUT2D eigenvalue weighted by Crippen LogP contribution is 2.28. The Morgan fingerprint density at radius 3 is 2.85 bits per heavy atom. The molecule has 4 heteroatoms. The Bertz CT molecular complexity index is 905. The van der Waals surface area contributed by atoms with Gasteiger partial charge >= 0.3 is 0 Å². The summed E-state index contributed by atoms with van der Waals surface area (Å²) >= 11 is 0. The van der Waals surface area contributed by atoms with Gasteiger partial charge in [-0.1, -0.05) is 12.1 Å². The summed E-state index contributed by atoms with van der Waals surface area (Å²) in [6.07, 6.45) is 10.3. The highest BCUT2D eigenvalue weighted by atomic mass is 15.1. The van der Waals surface area contributed by atoms with Crippen LogP contribution in [0.25, 0.3) is 5.65 Å². The maximum atomic E-state index is 4.48. The van der Waals surface area contributed by atoms with Crippen LogP contribution < -0.4 is 10.2 Å². The lowest BCUT2D eigenvalue weighted by Crippen LogP contribution is -2.42. The Labute approximate surface area is 154 Å². The molecule has 3 heterocycles. The smallest absolute Gasteiger partial charge is 0.136 e. The van der Waals surface area contributed by atoms with Crippen LogP contribution in [0.15, 0.2) is 48.8 Å². The zero-order valence-corrected chi connectivity index (χ0v) is 15.2. The monoisotopic (exact) mass is 346 g/mol. The van der Waals surface area contributed by atoms with Crippen LogP contribution in [-0.4, -0.2) is 28.5 Å². The van der Waals surface area contributed by atoms with Crippen molar-refractivity contribution in [3.63, 3.8) is 0 Å². The number of pyridine rings is 1. The fourth-order valence-corrected chi connectivity index (χ4v) is 4.46. The first kappa shape index (κ1) is 15.9. The van der Waals surface area contributed by atoms with Crippen molar-refractivity contribution in [2.75, 3.05) is 18.0 Å². The summed E-state index contributed by atoms with van der Waals surface area (Å²) in [6.45, 7) is 3.17. The van der Waals surface area contributed by atoms with E-state index in [2.05, 4.69) is 56.1 Å². The van der Waals surface area contributed by atoms with Gasteiger partial charge in [-0.2, -0.15) is 0 Å². The van der Waals surface area contributed by atoms with Crippen molar-refractivity contribution >= 4 is 11.3 Å². The number of fused-ring (bicyclic) bond motifs is 2. The van der Waals surface area contributed by atoms with E-state index in [0.717, 1.165) is 25.3 Å². The van der Waals surface area contributed by atoms with Gasteiger partial charge in [-0.05, 0) is 67.5 Å². The summed E-state index contributed by atoms with van der Waals surface area (Å²) in [4.78, 5) is 7.04. The van der Waals surface area contributed by atoms with Gasteiger partial charge in [0, 0.05) is 37.6 Å². The summed E-state index contributed by atoms with van der Waals surface area (Å²) in [5.41, 5.74) is 6.83. The Kier molecular flexibility index (Phi) is 4.13. The number of hydrogen-bond donors (Lipinski definition) is 1. The number of aryl methyl sites for hydroxylation is 2. The van der Waals surface area contributed by atoms with E-state index < -0.39 is 0 Å². The van der Waals surface area contributed by atoms with Crippen molar-refractivity contribution in [3.8, 4) is 0 Å². The zero-order chi connectivity index (χ0) is 17.3. The molecule has 0 amide bonds. The number of aromatic nitrogens is 2. The summed E-state index contributed by atoms with van der Waals surface area (Å²) in [7, 11) is 0. The van der Waals surface area contributed by atoms with Crippen LogP contribution >= 0.6 is 0 Å². The zero-order valence-electron chi connectivity index (χ0n) is 15.2. The SMILES string of the molecule is c1ccn2c(CNC3CCN(c4ccc5c(c4)CCC5)CC3)cnc2c1. The third kappa shape index (κ3) is 2.99. The number of rotatable bonds is 4. The Balaban J connectivity index is 1.18. The molecule has 2 aromatic heterocycles. The van der Waals surface area contributed by atoms with Gasteiger partial charge < -0.3 is 14.6 Å².